The Labute approximate surface area is 72.2 Å². The van der Waals surface area contributed by atoms with Crippen LogP contribution in [0.5, 0.6) is 0 Å². The molecular weight excluding hydrogens is 152 g/mol. The highest BCUT2D eigenvalue weighted by molar-refractivity contribution is 5.21. The molecule has 0 spiro atoms. The van der Waals surface area contributed by atoms with Gasteiger partial charge in [0.1, 0.15) is 0 Å². The Balaban J connectivity index is 1.99. The molecule has 2 heteroatoms. The molecule has 2 aliphatic rings. The van der Waals surface area contributed by atoms with E-state index in [0.717, 1.165) is 26.1 Å². The van der Waals surface area contributed by atoms with Crippen molar-refractivity contribution in [3.05, 3.63) is 29.5 Å². The highest BCUT2D eigenvalue weighted by Gasteiger charge is 2.17. The molecule has 1 fully saturated rings. The topological polar surface area (TPSA) is 18.5 Å². The minimum atomic E-state index is -0.103. The van der Waals surface area contributed by atoms with Gasteiger partial charge in [0.25, 0.3) is 0 Å². The first-order valence-electron chi connectivity index (χ1n) is 4.30. The third kappa shape index (κ3) is 1.67. The van der Waals surface area contributed by atoms with Crippen LogP contribution in [0.15, 0.2) is 29.5 Å². The minimum Gasteiger partial charge on any atom is -0.349 e. The molecule has 2 rings (SSSR count). The van der Waals surface area contributed by atoms with Crippen molar-refractivity contribution in [3.8, 4) is 0 Å². The second-order valence-corrected chi connectivity index (χ2v) is 2.91. The van der Waals surface area contributed by atoms with Crippen molar-refractivity contribution in [2.45, 2.75) is 19.1 Å². The fourth-order valence-electron chi connectivity index (χ4n) is 1.34. The molecule has 0 N–H and O–H groups in total. The average Bonchev–Trinajstić information content (AvgIpc) is 2.21. The van der Waals surface area contributed by atoms with Gasteiger partial charge in [-0.1, -0.05) is 0 Å². The number of allylic oxidation sites excluding steroid dienone is 2. The largest absolute Gasteiger partial charge is 0.349 e. The number of hydrogen-bond donors (Lipinski definition) is 0. The monoisotopic (exact) mass is 164 g/mol. The summed E-state index contributed by atoms with van der Waals surface area (Å²) in [6, 6.07) is 0. The van der Waals surface area contributed by atoms with E-state index in [1.54, 1.807) is 0 Å². The van der Waals surface area contributed by atoms with Gasteiger partial charge in [0.15, 0.2) is 6.29 Å². The zero-order chi connectivity index (χ0) is 8.23. The first-order valence-corrected chi connectivity index (χ1v) is 4.30. The number of ether oxygens (including phenoxy) is 2. The van der Waals surface area contributed by atoms with Gasteiger partial charge in [-0.2, -0.15) is 0 Å². The third-order valence-corrected chi connectivity index (χ3v) is 1.98. The molecule has 1 aliphatic heterocycles. The van der Waals surface area contributed by atoms with E-state index in [1.807, 2.05) is 18.2 Å². The Morgan fingerprint density at radius 3 is 2.83 bits per heavy atom. The zero-order valence-electron chi connectivity index (χ0n) is 6.95. The van der Waals surface area contributed by atoms with Crippen LogP contribution in [0.1, 0.15) is 12.8 Å². The Kier molecular flexibility index (Phi) is 2.42. The molecule has 1 heterocycles. The van der Waals surface area contributed by atoms with Gasteiger partial charge >= 0.3 is 0 Å². The predicted octanol–water partition coefficient (Wildman–Crippen LogP) is 1.79. The molecule has 1 saturated heterocycles. The third-order valence-electron chi connectivity index (χ3n) is 1.98. The smallest absolute Gasteiger partial charge is 0.180 e. The fraction of sp³-hybridized carbons (Fsp3) is 0.500. The summed E-state index contributed by atoms with van der Waals surface area (Å²) in [5.41, 5.74) is 4.22. The average molecular weight is 164 g/mol. The molecule has 12 heavy (non-hydrogen) atoms. The second kappa shape index (κ2) is 3.72. The molecule has 0 aromatic rings. The Morgan fingerprint density at radius 1 is 1.33 bits per heavy atom. The van der Waals surface area contributed by atoms with Crippen LogP contribution in [0.3, 0.4) is 0 Å². The van der Waals surface area contributed by atoms with E-state index in [9.17, 15) is 0 Å². The maximum absolute atomic E-state index is 5.46. The first kappa shape index (κ1) is 7.81. The van der Waals surface area contributed by atoms with Crippen LogP contribution in [0, 0.1) is 0 Å². The molecule has 0 radical (unpaired) electrons. The molecule has 0 aromatic heterocycles. The molecule has 0 atom stereocenters. The van der Waals surface area contributed by atoms with E-state index in [4.69, 9.17) is 9.47 Å². The molecule has 64 valence electrons. The standard InChI is InChI=1S/C10H12O2/c1-2-5-9(6-3-1)10-11-7-4-8-12-10/h2-3,5,10H,4,6-8H2. The summed E-state index contributed by atoms with van der Waals surface area (Å²) in [6.07, 6.45) is 7.73. The SMILES string of the molecule is C1=CC=C(C2OCCCO2)CC=1. The van der Waals surface area contributed by atoms with Gasteiger partial charge in [-0.05, 0) is 36.6 Å². The maximum atomic E-state index is 5.46. The molecule has 2 nitrogen and oxygen atoms in total. The summed E-state index contributed by atoms with van der Waals surface area (Å²) in [6.45, 7) is 1.63. The fourth-order valence-corrected chi connectivity index (χ4v) is 1.34. The van der Waals surface area contributed by atoms with Crippen LogP contribution < -0.4 is 0 Å². The molecule has 1 aliphatic carbocycles. The summed E-state index contributed by atoms with van der Waals surface area (Å²) < 4.78 is 10.9. The van der Waals surface area contributed by atoms with Crippen molar-refractivity contribution >= 4 is 0 Å². The van der Waals surface area contributed by atoms with Crippen molar-refractivity contribution in [2.75, 3.05) is 13.2 Å². The normalized spacial score (nSPS) is 24.2. The predicted molar refractivity (Wildman–Crippen MR) is 45.7 cm³/mol. The number of rotatable bonds is 1. The highest BCUT2D eigenvalue weighted by Crippen LogP contribution is 2.18. The minimum absolute atomic E-state index is 0.103. The Bertz CT molecular complexity index is 241. The highest BCUT2D eigenvalue weighted by atomic mass is 16.7. The van der Waals surface area contributed by atoms with E-state index in [-0.39, 0.29) is 6.29 Å². The Hall–Kier alpha value is -0.820. The van der Waals surface area contributed by atoms with Crippen LogP contribution >= 0.6 is 0 Å². The van der Waals surface area contributed by atoms with Crippen molar-refractivity contribution in [3.63, 3.8) is 0 Å². The van der Waals surface area contributed by atoms with Gasteiger partial charge in [-0.25, -0.2) is 0 Å². The first-order chi connectivity index (χ1) is 5.97. The van der Waals surface area contributed by atoms with E-state index in [1.165, 1.54) is 5.57 Å². The maximum Gasteiger partial charge on any atom is 0.180 e. The quantitative estimate of drug-likeness (QED) is 0.550. The summed E-state index contributed by atoms with van der Waals surface area (Å²) >= 11 is 0. The summed E-state index contributed by atoms with van der Waals surface area (Å²) in [4.78, 5) is 0. The van der Waals surface area contributed by atoms with Crippen molar-refractivity contribution in [2.24, 2.45) is 0 Å². The van der Waals surface area contributed by atoms with Gasteiger partial charge in [-0.3, -0.25) is 0 Å². The van der Waals surface area contributed by atoms with Crippen LogP contribution in [0.4, 0.5) is 0 Å². The summed E-state index contributed by atoms with van der Waals surface area (Å²) in [5.74, 6) is 0. The van der Waals surface area contributed by atoms with Gasteiger partial charge in [-0.15, -0.1) is 5.73 Å². The van der Waals surface area contributed by atoms with Crippen LogP contribution in [0.2, 0.25) is 0 Å². The zero-order valence-corrected chi connectivity index (χ0v) is 6.95. The lowest BCUT2D eigenvalue weighted by Crippen LogP contribution is -2.26. The lowest BCUT2D eigenvalue weighted by molar-refractivity contribution is -0.157. The summed E-state index contributed by atoms with van der Waals surface area (Å²) in [7, 11) is 0. The van der Waals surface area contributed by atoms with Crippen molar-refractivity contribution < 1.29 is 9.47 Å². The van der Waals surface area contributed by atoms with E-state index >= 15 is 0 Å². The van der Waals surface area contributed by atoms with Gasteiger partial charge in [0.05, 0.1) is 13.2 Å². The Morgan fingerprint density at radius 2 is 2.17 bits per heavy atom. The van der Waals surface area contributed by atoms with Gasteiger partial charge in [0, 0.05) is 0 Å². The van der Waals surface area contributed by atoms with Gasteiger partial charge in [0.2, 0.25) is 0 Å². The number of hydrogen-bond acceptors (Lipinski definition) is 2. The second-order valence-electron chi connectivity index (χ2n) is 2.91. The summed E-state index contributed by atoms with van der Waals surface area (Å²) in [5, 5.41) is 0. The molecule has 0 unspecified atom stereocenters. The van der Waals surface area contributed by atoms with Gasteiger partial charge < -0.3 is 9.47 Å². The van der Waals surface area contributed by atoms with Crippen LogP contribution in [0.25, 0.3) is 0 Å². The van der Waals surface area contributed by atoms with Crippen molar-refractivity contribution in [1.29, 1.82) is 0 Å². The van der Waals surface area contributed by atoms with Crippen molar-refractivity contribution in [1.82, 2.24) is 0 Å². The van der Waals surface area contributed by atoms with Crippen LogP contribution in [-0.2, 0) is 9.47 Å². The van der Waals surface area contributed by atoms with E-state index < -0.39 is 0 Å². The molecule has 0 saturated carbocycles. The molecule has 0 aromatic carbocycles. The lowest BCUT2D eigenvalue weighted by atomic mass is 10.1. The molecule has 0 amide bonds. The lowest BCUT2D eigenvalue weighted by Gasteiger charge is -2.25. The molecule has 0 bridgehead atoms. The van der Waals surface area contributed by atoms with E-state index in [2.05, 4.69) is 5.73 Å². The van der Waals surface area contributed by atoms with Crippen LogP contribution in [-0.4, -0.2) is 19.5 Å². The van der Waals surface area contributed by atoms with E-state index in [0.29, 0.717) is 0 Å². The molecular formula is C10H12O2.